The summed E-state index contributed by atoms with van der Waals surface area (Å²) in [7, 11) is 0. The minimum atomic E-state index is -4.54. The van der Waals surface area contributed by atoms with Crippen LogP contribution < -0.4 is 5.32 Å². The Bertz CT molecular complexity index is 732. The van der Waals surface area contributed by atoms with Gasteiger partial charge in [0.25, 0.3) is 0 Å². The first-order chi connectivity index (χ1) is 11.7. The molecule has 7 heteroatoms. The lowest BCUT2D eigenvalue weighted by Crippen LogP contribution is -2.26. The van der Waals surface area contributed by atoms with Gasteiger partial charge in [-0.15, -0.1) is 0 Å². The summed E-state index contributed by atoms with van der Waals surface area (Å²) >= 11 is 11.8. The van der Waals surface area contributed by atoms with Crippen LogP contribution >= 0.6 is 23.2 Å². The van der Waals surface area contributed by atoms with Crippen molar-refractivity contribution in [2.24, 2.45) is 0 Å². The van der Waals surface area contributed by atoms with Crippen LogP contribution in [0.25, 0.3) is 0 Å². The van der Waals surface area contributed by atoms with Gasteiger partial charge in [-0.25, -0.2) is 4.39 Å². The molecule has 1 N–H and O–H groups in total. The van der Waals surface area contributed by atoms with Crippen LogP contribution in [-0.4, -0.2) is 6.04 Å². The number of halogens is 6. The predicted molar refractivity (Wildman–Crippen MR) is 92.5 cm³/mol. The third-order valence-corrected chi connectivity index (χ3v) is 4.61. The van der Waals surface area contributed by atoms with Crippen molar-refractivity contribution in [3.05, 3.63) is 69.0 Å². The molecule has 2 aromatic rings. The molecule has 0 aromatic heterocycles. The second-order valence-electron chi connectivity index (χ2n) is 5.87. The van der Waals surface area contributed by atoms with E-state index in [0.717, 1.165) is 30.5 Å². The quantitative estimate of drug-likeness (QED) is 0.570. The van der Waals surface area contributed by atoms with Crippen LogP contribution in [0.1, 0.15) is 30.0 Å². The van der Waals surface area contributed by atoms with Gasteiger partial charge in [0.05, 0.1) is 15.6 Å². The molecule has 0 fully saturated rings. The highest BCUT2D eigenvalue weighted by Crippen LogP contribution is 2.30. The molecular weight excluding hydrogens is 377 g/mol. The van der Waals surface area contributed by atoms with E-state index in [-0.39, 0.29) is 18.2 Å². The fourth-order valence-corrected chi connectivity index (χ4v) is 2.65. The van der Waals surface area contributed by atoms with Crippen LogP contribution in [0, 0.1) is 5.82 Å². The Hall–Kier alpha value is -1.30. The third kappa shape index (κ3) is 5.87. The molecule has 0 aliphatic heterocycles. The van der Waals surface area contributed by atoms with Crippen LogP contribution in [0.2, 0.25) is 10.0 Å². The zero-order valence-electron chi connectivity index (χ0n) is 13.4. The van der Waals surface area contributed by atoms with E-state index in [1.807, 2.05) is 13.0 Å². The topological polar surface area (TPSA) is 12.0 Å². The summed E-state index contributed by atoms with van der Waals surface area (Å²) in [4.78, 5) is 0. The average molecular weight is 394 g/mol. The highest BCUT2D eigenvalue weighted by Gasteiger charge is 2.31. The minimum absolute atomic E-state index is 0.0520. The maximum absolute atomic E-state index is 13.8. The molecule has 0 aliphatic carbocycles. The highest BCUT2D eigenvalue weighted by atomic mass is 35.5. The van der Waals surface area contributed by atoms with Gasteiger partial charge in [-0.2, -0.15) is 13.2 Å². The fraction of sp³-hybridized carbons (Fsp3) is 0.333. The summed E-state index contributed by atoms with van der Waals surface area (Å²) < 4.78 is 51.4. The van der Waals surface area contributed by atoms with Crippen molar-refractivity contribution < 1.29 is 17.6 Å². The van der Waals surface area contributed by atoms with E-state index in [9.17, 15) is 17.6 Å². The molecule has 1 unspecified atom stereocenters. The van der Waals surface area contributed by atoms with E-state index in [4.69, 9.17) is 23.2 Å². The summed E-state index contributed by atoms with van der Waals surface area (Å²) in [5.74, 6) is -0.862. The summed E-state index contributed by atoms with van der Waals surface area (Å²) in [5, 5.41) is 4.10. The zero-order valence-corrected chi connectivity index (χ0v) is 14.9. The van der Waals surface area contributed by atoms with Crippen LogP contribution in [0.15, 0.2) is 36.4 Å². The third-order valence-electron chi connectivity index (χ3n) is 3.87. The molecule has 0 spiro atoms. The average Bonchev–Trinajstić information content (AvgIpc) is 2.54. The van der Waals surface area contributed by atoms with Crippen molar-refractivity contribution in [3.8, 4) is 0 Å². The van der Waals surface area contributed by atoms with Crippen molar-refractivity contribution in [2.45, 2.75) is 38.5 Å². The molecule has 0 amide bonds. The molecule has 2 rings (SSSR count). The number of nitrogens with one attached hydrogen (secondary N) is 1. The lowest BCUT2D eigenvalue weighted by molar-refractivity contribution is -0.137. The van der Waals surface area contributed by atoms with E-state index in [0.29, 0.717) is 16.1 Å². The maximum atomic E-state index is 13.8. The van der Waals surface area contributed by atoms with E-state index < -0.39 is 17.6 Å². The summed E-state index contributed by atoms with van der Waals surface area (Å²) in [5.41, 5.74) is 0.250. The van der Waals surface area contributed by atoms with Gasteiger partial charge in [0.1, 0.15) is 5.82 Å². The second-order valence-corrected chi connectivity index (χ2v) is 6.69. The maximum Gasteiger partial charge on any atom is 0.416 e. The highest BCUT2D eigenvalue weighted by molar-refractivity contribution is 6.42. The predicted octanol–water partition coefficient (Wildman–Crippen LogP) is 6.26. The Morgan fingerprint density at radius 3 is 2.36 bits per heavy atom. The number of hydrogen-bond acceptors (Lipinski definition) is 1. The molecule has 0 radical (unpaired) electrons. The Balaban J connectivity index is 1.87. The van der Waals surface area contributed by atoms with Crippen molar-refractivity contribution in [3.63, 3.8) is 0 Å². The van der Waals surface area contributed by atoms with Gasteiger partial charge >= 0.3 is 6.18 Å². The second kappa shape index (κ2) is 8.39. The smallest absolute Gasteiger partial charge is 0.310 e. The Morgan fingerprint density at radius 2 is 1.76 bits per heavy atom. The first kappa shape index (κ1) is 20.0. The molecule has 2 aromatic carbocycles. The molecule has 0 saturated heterocycles. The Morgan fingerprint density at radius 1 is 1.04 bits per heavy atom. The fourth-order valence-electron chi connectivity index (χ4n) is 2.33. The van der Waals surface area contributed by atoms with Gasteiger partial charge in [-0.3, -0.25) is 0 Å². The van der Waals surface area contributed by atoms with E-state index in [2.05, 4.69) is 5.32 Å². The van der Waals surface area contributed by atoms with E-state index in [1.165, 1.54) is 0 Å². The Kier molecular flexibility index (Phi) is 6.72. The number of benzene rings is 2. The molecule has 25 heavy (non-hydrogen) atoms. The first-order valence-electron chi connectivity index (χ1n) is 7.69. The number of aryl methyl sites for hydroxylation is 1. The zero-order chi connectivity index (χ0) is 18.6. The molecule has 0 aliphatic rings. The molecule has 0 bridgehead atoms. The van der Waals surface area contributed by atoms with Crippen molar-refractivity contribution in [1.29, 1.82) is 0 Å². The summed E-state index contributed by atoms with van der Waals surface area (Å²) in [6.45, 7) is 2.09. The van der Waals surface area contributed by atoms with Gasteiger partial charge in [-0.1, -0.05) is 35.3 Å². The van der Waals surface area contributed by atoms with Crippen LogP contribution in [0.5, 0.6) is 0 Å². The van der Waals surface area contributed by atoms with Gasteiger partial charge < -0.3 is 5.32 Å². The molecule has 0 saturated carbocycles. The molecule has 0 heterocycles. The lowest BCUT2D eigenvalue weighted by atomic mass is 10.1. The van der Waals surface area contributed by atoms with Gasteiger partial charge in [-0.05, 0) is 49.6 Å². The Labute approximate surface area is 153 Å². The van der Waals surface area contributed by atoms with Crippen molar-refractivity contribution in [1.82, 2.24) is 5.32 Å². The van der Waals surface area contributed by atoms with E-state index in [1.54, 1.807) is 12.1 Å². The number of rotatable bonds is 6. The minimum Gasteiger partial charge on any atom is -0.310 e. The summed E-state index contributed by atoms with van der Waals surface area (Å²) in [6.07, 6.45) is -3.03. The number of hydrogen-bond donors (Lipinski definition) is 1. The van der Waals surface area contributed by atoms with Crippen LogP contribution in [0.4, 0.5) is 17.6 Å². The standard InChI is InChI=1S/C18H17Cl2F4N/c1-11(2-3-12-4-7-15(19)16(20)8-12)25-10-13-5-6-14(9-17(13)21)18(22,23)24/h4-9,11,25H,2-3,10H2,1H3. The van der Waals surface area contributed by atoms with Gasteiger partial charge in [0, 0.05) is 18.2 Å². The summed E-state index contributed by atoms with van der Waals surface area (Å²) in [6, 6.07) is 8.04. The van der Waals surface area contributed by atoms with Crippen LogP contribution in [0.3, 0.4) is 0 Å². The monoisotopic (exact) mass is 393 g/mol. The largest absolute Gasteiger partial charge is 0.416 e. The molecule has 1 atom stereocenters. The molecular formula is C18H17Cl2F4N. The van der Waals surface area contributed by atoms with Crippen LogP contribution in [-0.2, 0) is 19.1 Å². The van der Waals surface area contributed by atoms with Gasteiger partial charge in [0.2, 0.25) is 0 Å². The van der Waals surface area contributed by atoms with E-state index >= 15 is 0 Å². The molecule has 136 valence electrons. The van der Waals surface area contributed by atoms with Crippen molar-refractivity contribution in [2.75, 3.05) is 0 Å². The SMILES string of the molecule is CC(CCc1ccc(Cl)c(Cl)c1)NCc1ccc(C(F)(F)F)cc1F. The van der Waals surface area contributed by atoms with Gasteiger partial charge in [0.15, 0.2) is 0 Å². The van der Waals surface area contributed by atoms with Crippen molar-refractivity contribution >= 4 is 23.2 Å². The first-order valence-corrected chi connectivity index (χ1v) is 8.45. The number of alkyl halides is 3. The lowest BCUT2D eigenvalue weighted by Gasteiger charge is -2.15. The normalized spacial score (nSPS) is 13.1. The molecule has 1 nitrogen and oxygen atoms in total.